The average Bonchev–Trinajstić information content (AvgIpc) is 2.57. The normalized spacial score (nSPS) is 12.3. The second kappa shape index (κ2) is 8.15. The van der Waals surface area contributed by atoms with Crippen molar-refractivity contribution in [3.8, 4) is 0 Å². The predicted octanol–water partition coefficient (Wildman–Crippen LogP) is 4.14. The van der Waals surface area contributed by atoms with E-state index in [0.29, 0.717) is 0 Å². The molecule has 3 heteroatoms. The molecule has 0 aliphatic rings. The van der Waals surface area contributed by atoms with Crippen LogP contribution in [-0.4, -0.2) is 11.1 Å². The van der Waals surface area contributed by atoms with Crippen LogP contribution in [0.15, 0.2) is 60.7 Å². The fourth-order valence-corrected chi connectivity index (χ4v) is 2.39. The summed E-state index contributed by atoms with van der Waals surface area (Å²) < 4.78 is 0. The lowest BCUT2D eigenvalue weighted by atomic mass is 9.90. The zero-order valence-corrected chi connectivity index (χ0v) is 12.7. The molecule has 0 bridgehead atoms. The molecule has 114 valence electrons. The lowest BCUT2D eigenvalue weighted by Crippen LogP contribution is -2.27. The van der Waals surface area contributed by atoms with Gasteiger partial charge in [0.15, 0.2) is 0 Å². The Balaban J connectivity index is 2.27. The van der Waals surface area contributed by atoms with Gasteiger partial charge in [-0.3, -0.25) is 10.0 Å². The Hall–Kier alpha value is -2.39. The molecule has 3 nitrogen and oxygen atoms in total. The minimum atomic E-state index is -0.514. The molecule has 1 unspecified atom stereocenters. The third kappa shape index (κ3) is 4.06. The van der Waals surface area contributed by atoms with E-state index < -0.39 is 11.8 Å². The third-order valence-electron chi connectivity index (χ3n) is 3.54. The van der Waals surface area contributed by atoms with Crippen molar-refractivity contribution in [3.63, 3.8) is 0 Å². The summed E-state index contributed by atoms with van der Waals surface area (Å²) in [6, 6.07) is 17.3. The SMILES string of the molecule is CCCC=Cc1ccc(C(C(=O)NO)c2ccccc2)cc1. The summed E-state index contributed by atoms with van der Waals surface area (Å²) in [7, 11) is 0. The summed E-state index contributed by atoms with van der Waals surface area (Å²) in [5.41, 5.74) is 4.57. The Morgan fingerprint density at radius 3 is 2.32 bits per heavy atom. The van der Waals surface area contributed by atoms with Crippen molar-refractivity contribution < 1.29 is 10.0 Å². The van der Waals surface area contributed by atoms with Crippen molar-refractivity contribution in [3.05, 3.63) is 77.4 Å². The number of nitrogens with one attached hydrogen (secondary N) is 1. The number of unbranched alkanes of at least 4 members (excludes halogenated alkanes) is 1. The highest BCUT2D eigenvalue weighted by Gasteiger charge is 2.21. The van der Waals surface area contributed by atoms with E-state index in [2.05, 4.69) is 19.1 Å². The fourth-order valence-electron chi connectivity index (χ4n) is 2.39. The van der Waals surface area contributed by atoms with E-state index >= 15 is 0 Å². The van der Waals surface area contributed by atoms with Gasteiger partial charge in [0, 0.05) is 0 Å². The summed E-state index contributed by atoms with van der Waals surface area (Å²) in [6.45, 7) is 2.14. The van der Waals surface area contributed by atoms with Crippen LogP contribution in [0.25, 0.3) is 6.08 Å². The van der Waals surface area contributed by atoms with Crippen LogP contribution in [0.4, 0.5) is 0 Å². The molecule has 0 aliphatic carbocycles. The monoisotopic (exact) mass is 295 g/mol. The molecule has 2 rings (SSSR count). The Labute approximate surface area is 131 Å². The molecule has 0 aliphatic heterocycles. The van der Waals surface area contributed by atoms with Gasteiger partial charge >= 0.3 is 0 Å². The van der Waals surface area contributed by atoms with Crippen molar-refractivity contribution in [1.82, 2.24) is 5.48 Å². The van der Waals surface area contributed by atoms with Crippen LogP contribution in [-0.2, 0) is 4.79 Å². The molecule has 0 aromatic heterocycles. The van der Waals surface area contributed by atoms with E-state index in [0.717, 1.165) is 29.5 Å². The first kappa shape index (κ1) is 16.0. The molecule has 0 spiro atoms. The lowest BCUT2D eigenvalue weighted by molar-refractivity contribution is -0.129. The van der Waals surface area contributed by atoms with Crippen LogP contribution in [0.1, 0.15) is 42.4 Å². The van der Waals surface area contributed by atoms with Gasteiger partial charge in [0.1, 0.15) is 0 Å². The molecule has 22 heavy (non-hydrogen) atoms. The Kier molecular flexibility index (Phi) is 5.92. The number of hydroxylamine groups is 1. The fraction of sp³-hybridized carbons (Fsp3) is 0.211. The van der Waals surface area contributed by atoms with Gasteiger partial charge in [0.25, 0.3) is 5.91 Å². The van der Waals surface area contributed by atoms with Gasteiger partial charge in [0.2, 0.25) is 0 Å². The van der Waals surface area contributed by atoms with E-state index in [9.17, 15) is 4.79 Å². The molecule has 1 amide bonds. The summed E-state index contributed by atoms with van der Waals surface area (Å²) >= 11 is 0. The van der Waals surface area contributed by atoms with Crippen LogP contribution in [0.3, 0.4) is 0 Å². The molecule has 0 fully saturated rings. The number of carbonyl (C=O) groups excluding carboxylic acids is 1. The van der Waals surface area contributed by atoms with E-state index in [1.54, 1.807) is 5.48 Å². The van der Waals surface area contributed by atoms with Crippen LogP contribution in [0, 0.1) is 0 Å². The maximum atomic E-state index is 12.0. The second-order valence-corrected chi connectivity index (χ2v) is 5.18. The van der Waals surface area contributed by atoms with E-state index in [1.165, 1.54) is 0 Å². The maximum Gasteiger partial charge on any atom is 0.255 e. The Morgan fingerprint density at radius 2 is 1.73 bits per heavy atom. The first-order valence-corrected chi connectivity index (χ1v) is 7.51. The Morgan fingerprint density at radius 1 is 1.09 bits per heavy atom. The number of allylic oxidation sites excluding steroid dienone is 1. The molecular weight excluding hydrogens is 274 g/mol. The zero-order chi connectivity index (χ0) is 15.8. The number of hydrogen-bond acceptors (Lipinski definition) is 2. The highest BCUT2D eigenvalue weighted by Crippen LogP contribution is 2.25. The molecule has 0 saturated heterocycles. The number of rotatable bonds is 6. The van der Waals surface area contributed by atoms with Gasteiger partial charge in [-0.25, -0.2) is 5.48 Å². The lowest BCUT2D eigenvalue weighted by Gasteiger charge is -2.16. The van der Waals surface area contributed by atoms with E-state index in [-0.39, 0.29) is 0 Å². The molecule has 2 aromatic rings. The molecule has 0 saturated carbocycles. The largest absolute Gasteiger partial charge is 0.289 e. The maximum absolute atomic E-state index is 12.0. The first-order valence-electron chi connectivity index (χ1n) is 7.51. The van der Waals surface area contributed by atoms with Crippen LogP contribution >= 0.6 is 0 Å². The highest BCUT2D eigenvalue weighted by molar-refractivity contribution is 5.86. The number of benzene rings is 2. The minimum absolute atomic E-state index is 0.430. The molecular formula is C19H21NO2. The van der Waals surface area contributed by atoms with Crippen molar-refractivity contribution in [2.75, 3.05) is 0 Å². The van der Waals surface area contributed by atoms with E-state index in [1.807, 2.05) is 54.6 Å². The van der Waals surface area contributed by atoms with Crippen molar-refractivity contribution >= 4 is 12.0 Å². The first-order chi connectivity index (χ1) is 10.8. The van der Waals surface area contributed by atoms with Crippen molar-refractivity contribution in [2.45, 2.75) is 25.7 Å². The number of amides is 1. The summed E-state index contributed by atoms with van der Waals surface area (Å²) in [5, 5.41) is 9.01. The summed E-state index contributed by atoms with van der Waals surface area (Å²) in [6.07, 6.45) is 6.41. The zero-order valence-electron chi connectivity index (χ0n) is 12.7. The van der Waals surface area contributed by atoms with Crippen LogP contribution in [0.2, 0.25) is 0 Å². The Bertz CT molecular complexity index is 618. The summed E-state index contributed by atoms with van der Waals surface area (Å²) in [5.74, 6) is -0.944. The molecule has 2 aromatic carbocycles. The molecule has 0 heterocycles. The minimum Gasteiger partial charge on any atom is -0.289 e. The van der Waals surface area contributed by atoms with Crippen molar-refractivity contribution in [2.24, 2.45) is 0 Å². The van der Waals surface area contributed by atoms with Crippen LogP contribution < -0.4 is 5.48 Å². The predicted molar refractivity (Wildman–Crippen MR) is 88.6 cm³/mol. The molecule has 1 atom stereocenters. The average molecular weight is 295 g/mol. The van der Waals surface area contributed by atoms with Gasteiger partial charge in [-0.15, -0.1) is 0 Å². The van der Waals surface area contributed by atoms with E-state index in [4.69, 9.17) is 5.21 Å². The quantitative estimate of drug-likeness (QED) is 0.621. The molecule has 0 radical (unpaired) electrons. The van der Waals surface area contributed by atoms with Crippen molar-refractivity contribution in [1.29, 1.82) is 0 Å². The summed E-state index contributed by atoms with van der Waals surface area (Å²) in [4.78, 5) is 12.0. The standard InChI is InChI=1S/C19H21NO2/c1-2-3-5-8-15-11-13-17(14-12-15)18(19(21)20-22)16-9-6-4-7-10-16/h4-14,18,22H,2-3H2,1H3,(H,20,21). The van der Waals surface area contributed by atoms with Gasteiger partial charge < -0.3 is 0 Å². The highest BCUT2D eigenvalue weighted by atomic mass is 16.5. The van der Waals surface area contributed by atoms with Gasteiger partial charge in [0.05, 0.1) is 5.92 Å². The topological polar surface area (TPSA) is 49.3 Å². The van der Waals surface area contributed by atoms with Crippen LogP contribution in [0.5, 0.6) is 0 Å². The third-order valence-corrected chi connectivity index (χ3v) is 3.54. The second-order valence-electron chi connectivity index (χ2n) is 5.18. The number of hydrogen-bond donors (Lipinski definition) is 2. The smallest absolute Gasteiger partial charge is 0.255 e. The van der Waals surface area contributed by atoms with Gasteiger partial charge in [-0.2, -0.15) is 0 Å². The van der Waals surface area contributed by atoms with Gasteiger partial charge in [-0.1, -0.05) is 80.1 Å². The molecule has 2 N–H and O–H groups in total. The number of carbonyl (C=O) groups is 1. The van der Waals surface area contributed by atoms with Gasteiger partial charge in [-0.05, 0) is 23.1 Å².